The lowest BCUT2D eigenvalue weighted by Crippen LogP contribution is -2.16. The molecule has 4 nitrogen and oxygen atoms in total. The van der Waals surface area contributed by atoms with Gasteiger partial charge in [0.05, 0.1) is 16.6 Å². The van der Waals surface area contributed by atoms with Crippen LogP contribution < -0.4 is 0 Å². The molecule has 0 radical (unpaired) electrons. The molecule has 0 aliphatic rings. The van der Waals surface area contributed by atoms with Crippen molar-refractivity contribution in [2.75, 3.05) is 0 Å². The number of aromatic hydroxyl groups is 1. The monoisotopic (exact) mass is 406 g/mol. The van der Waals surface area contributed by atoms with E-state index < -0.39 is 0 Å². The van der Waals surface area contributed by atoms with E-state index >= 15 is 0 Å². The van der Waals surface area contributed by atoms with Crippen LogP contribution in [0, 0.1) is 0 Å². The largest absolute Gasteiger partial charge is 0.507 e. The first kappa shape index (κ1) is 16.5. The summed E-state index contributed by atoms with van der Waals surface area (Å²) < 4.78 is 2.32. The summed E-state index contributed by atoms with van der Waals surface area (Å²) in [6.45, 7) is 0. The highest BCUT2D eigenvalue weighted by atomic mass is 79.9. The number of halogens is 1. The van der Waals surface area contributed by atoms with Gasteiger partial charge in [0, 0.05) is 10.9 Å². The lowest BCUT2D eigenvalue weighted by Gasteiger charge is -2.10. The number of benzene rings is 3. The molecule has 1 aromatic heterocycles. The number of nitrogens with zero attached hydrogens (tertiary/aromatic N) is 2. The minimum atomic E-state index is -0.302. The molecule has 0 aliphatic carbocycles. The summed E-state index contributed by atoms with van der Waals surface area (Å²) in [5.41, 5.74) is 2.77. The number of rotatable bonds is 3. The van der Waals surface area contributed by atoms with Crippen LogP contribution in [-0.4, -0.2) is 20.6 Å². The van der Waals surface area contributed by atoms with E-state index in [0.717, 1.165) is 21.1 Å². The minimum absolute atomic E-state index is 0.0540. The highest BCUT2D eigenvalue weighted by Crippen LogP contribution is 2.26. The molecule has 0 aliphatic heterocycles. The van der Waals surface area contributed by atoms with Gasteiger partial charge in [0.25, 0.3) is 5.91 Å². The van der Waals surface area contributed by atoms with Crippen molar-refractivity contribution < 1.29 is 9.90 Å². The maximum atomic E-state index is 13.2. The van der Waals surface area contributed by atoms with Crippen LogP contribution in [0.1, 0.15) is 21.7 Å². The molecule has 0 amide bonds. The Bertz CT molecular complexity index is 1100. The maximum absolute atomic E-state index is 13.2. The van der Waals surface area contributed by atoms with E-state index in [-0.39, 0.29) is 17.2 Å². The smallest absolute Gasteiger partial charge is 0.267 e. The maximum Gasteiger partial charge on any atom is 0.267 e. The Morgan fingerprint density at radius 1 is 1.00 bits per heavy atom. The third-order valence-corrected chi connectivity index (χ3v) is 4.72. The third-order valence-electron chi connectivity index (χ3n) is 4.23. The molecule has 4 rings (SSSR count). The Hall–Kier alpha value is -2.92. The minimum Gasteiger partial charge on any atom is -0.507 e. The van der Waals surface area contributed by atoms with E-state index in [9.17, 15) is 9.90 Å². The summed E-state index contributed by atoms with van der Waals surface area (Å²) in [6.07, 6.45) is 0.524. The van der Waals surface area contributed by atoms with Crippen molar-refractivity contribution in [2.24, 2.45) is 0 Å². The lowest BCUT2D eigenvalue weighted by molar-refractivity contribution is 0.0959. The van der Waals surface area contributed by atoms with Crippen molar-refractivity contribution in [2.45, 2.75) is 6.42 Å². The molecule has 1 heterocycles. The summed E-state index contributed by atoms with van der Waals surface area (Å²) in [6, 6.07) is 22.2. The van der Waals surface area contributed by atoms with Crippen LogP contribution in [-0.2, 0) is 6.42 Å². The van der Waals surface area contributed by atoms with Crippen LogP contribution >= 0.6 is 15.9 Å². The predicted molar refractivity (Wildman–Crippen MR) is 105 cm³/mol. The van der Waals surface area contributed by atoms with Gasteiger partial charge >= 0.3 is 0 Å². The molecular formula is C21H15BrN2O2. The van der Waals surface area contributed by atoms with Gasteiger partial charge in [0.15, 0.2) is 0 Å². The zero-order chi connectivity index (χ0) is 18.1. The quantitative estimate of drug-likeness (QED) is 0.532. The van der Waals surface area contributed by atoms with Gasteiger partial charge in [-0.15, -0.1) is 0 Å². The fraction of sp³-hybridized carbons (Fsp3) is 0.0476. The Balaban J connectivity index is 1.88. The van der Waals surface area contributed by atoms with Gasteiger partial charge in [-0.25, -0.2) is 4.98 Å². The van der Waals surface area contributed by atoms with Crippen molar-refractivity contribution in [3.63, 3.8) is 0 Å². The first-order valence-electron chi connectivity index (χ1n) is 8.17. The molecule has 0 saturated heterocycles. The number of phenolic OH excluding ortho intramolecular Hbond substituents is 1. The number of carbonyl (C=O) groups is 1. The van der Waals surface area contributed by atoms with Crippen molar-refractivity contribution in [1.82, 2.24) is 9.55 Å². The van der Waals surface area contributed by atoms with Gasteiger partial charge in [-0.05, 0) is 35.9 Å². The topological polar surface area (TPSA) is 55.1 Å². The number of imidazole rings is 1. The molecule has 5 heteroatoms. The SMILES string of the molecule is O=C(c1cc(Br)ccc1O)n1c(Cc2ccccc2)nc2ccccc21. The molecule has 128 valence electrons. The van der Waals surface area contributed by atoms with Gasteiger partial charge < -0.3 is 5.11 Å². The molecule has 0 spiro atoms. The van der Waals surface area contributed by atoms with E-state index in [1.807, 2.05) is 54.6 Å². The molecule has 0 fully saturated rings. The zero-order valence-electron chi connectivity index (χ0n) is 13.8. The fourth-order valence-electron chi connectivity index (χ4n) is 3.00. The number of carbonyl (C=O) groups excluding carboxylic acids is 1. The van der Waals surface area contributed by atoms with Gasteiger partial charge in [-0.1, -0.05) is 58.4 Å². The Kier molecular flexibility index (Phi) is 4.31. The number of hydrogen-bond acceptors (Lipinski definition) is 3. The molecule has 3 aromatic carbocycles. The van der Waals surface area contributed by atoms with E-state index in [1.165, 1.54) is 6.07 Å². The standard InChI is InChI=1S/C21H15BrN2O2/c22-15-10-11-19(25)16(13-15)21(26)24-18-9-5-4-8-17(18)23-20(24)12-14-6-2-1-3-7-14/h1-11,13,25H,12H2. The first-order valence-corrected chi connectivity index (χ1v) is 8.96. The van der Waals surface area contributed by atoms with Crippen molar-refractivity contribution in [3.8, 4) is 5.75 Å². The number of fused-ring (bicyclic) bond motifs is 1. The number of hydrogen-bond donors (Lipinski definition) is 1. The molecule has 4 aromatic rings. The Labute approximate surface area is 158 Å². The van der Waals surface area contributed by atoms with Crippen LogP contribution in [0.4, 0.5) is 0 Å². The van der Waals surface area contributed by atoms with E-state index in [0.29, 0.717) is 12.2 Å². The Morgan fingerprint density at radius 3 is 2.54 bits per heavy atom. The number of aromatic nitrogens is 2. The van der Waals surface area contributed by atoms with Crippen molar-refractivity contribution in [1.29, 1.82) is 0 Å². The molecule has 0 atom stereocenters. The van der Waals surface area contributed by atoms with Crippen LogP contribution in [0.5, 0.6) is 5.75 Å². The third kappa shape index (κ3) is 3.02. The summed E-state index contributed by atoms with van der Waals surface area (Å²) >= 11 is 3.36. The van der Waals surface area contributed by atoms with Crippen LogP contribution in [0.25, 0.3) is 11.0 Å². The average Bonchev–Trinajstić information content (AvgIpc) is 3.01. The molecular weight excluding hydrogens is 392 g/mol. The van der Waals surface area contributed by atoms with Gasteiger partial charge in [-0.3, -0.25) is 9.36 Å². The lowest BCUT2D eigenvalue weighted by atomic mass is 10.1. The summed E-state index contributed by atoms with van der Waals surface area (Å²) in [5, 5.41) is 10.2. The van der Waals surface area contributed by atoms with Crippen molar-refractivity contribution >= 4 is 32.9 Å². The summed E-state index contributed by atoms with van der Waals surface area (Å²) in [4.78, 5) is 17.9. The van der Waals surface area contributed by atoms with Crippen molar-refractivity contribution in [3.05, 3.63) is 94.2 Å². The summed E-state index contributed by atoms with van der Waals surface area (Å²) in [5.74, 6) is 0.284. The van der Waals surface area contributed by atoms with E-state index in [2.05, 4.69) is 20.9 Å². The predicted octanol–water partition coefficient (Wildman–Crippen LogP) is 4.78. The Morgan fingerprint density at radius 2 is 1.73 bits per heavy atom. The summed E-state index contributed by atoms with van der Waals surface area (Å²) in [7, 11) is 0. The second kappa shape index (κ2) is 6.77. The van der Waals surface area contributed by atoms with Gasteiger partial charge in [0.2, 0.25) is 0 Å². The second-order valence-corrected chi connectivity index (χ2v) is 6.90. The fourth-order valence-corrected chi connectivity index (χ4v) is 3.36. The molecule has 0 bridgehead atoms. The normalized spacial score (nSPS) is 11.0. The van der Waals surface area contributed by atoms with Crippen LogP contribution in [0.15, 0.2) is 77.3 Å². The van der Waals surface area contributed by atoms with Crippen LogP contribution in [0.3, 0.4) is 0 Å². The highest BCUT2D eigenvalue weighted by molar-refractivity contribution is 9.10. The van der Waals surface area contributed by atoms with Gasteiger partial charge in [0.1, 0.15) is 11.6 Å². The second-order valence-electron chi connectivity index (χ2n) is 5.98. The average molecular weight is 407 g/mol. The number of phenols is 1. The van der Waals surface area contributed by atoms with Crippen LogP contribution in [0.2, 0.25) is 0 Å². The van der Waals surface area contributed by atoms with Gasteiger partial charge in [-0.2, -0.15) is 0 Å². The molecule has 0 saturated carbocycles. The first-order chi connectivity index (χ1) is 12.6. The number of para-hydroxylation sites is 2. The molecule has 0 unspecified atom stereocenters. The van der Waals surface area contributed by atoms with E-state index in [1.54, 1.807) is 16.7 Å². The zero-order valence-corrected chi connectivity index (χ0v) is 15.3. The molecule has 1 N–H and O–H groups in total. The highest BCUT2D eigenvalue weighted by Gasteiger charge is 2.21. The molecule has 26 heavy (non-hydrogen) atoms. The van der Waals surface area contributed by atoms with E-state index in [4.69, 9.17) is 0 Å².